The van der Waals surface area contributed by atoms with Crippen LogP contribution in [0, 0.1) is 20.8 Å². The van der Waals surface area contributed by atoms with Crippen molar-refractivity contribution in [3.8, 4) is 17.0 Å². The molecule has 0 spiro atoms. The average molecular weight is 860 g/mol. The van der Waals surface area contributed by atoms with Crippen molar-refractivity contribution in [2.45, 2.75) is 46.1 Å². The monoisotopic (exact) mass is 859 g/mol. The topological polar surface area (TPSA) is 162 Å². The molecule has 0 bridgehead atoms. The number of rotatable bonds is 7. The number of benzene rings is 3. The molecular formula is C49H53N11O4. The molecule has 10 rings (SSSR count). The van der Waals surface area contributed by atoms with Gasteiger partial charge >= 0.3 is 0 Å². The summed E-state index contributed by atoms with van der Waals surface area (Å²) in [4.78, 5) is 67.8. The van der Waals surface area contributed by atoms with E-state index in [1.807, 2.05) is 54.5 Å². The molecule has 3 aromatic carbocycles. The first-order valence-electron chi connectivity index (χ1n) is 22.1. The summed E-state index contributed by atoms with van der Waals surface area (Å²) in [6, 6.07) is 22.9. The Morgan fingerprint density at radius 3 is 2.25 bits per heavy atom. The zero-order valence-corrected chi connectivity index (χ0v) is 36.6. The second-order valence-electron chi connectivity index (χ2n) is 16.8. The summed E-state index contributed by atoms with van der Waals surface area (Å²) in [6.07, 6.45) is 7.95. The van der Waals surface area contributed by atoms with Gasteiger partial charge in [0.15, 0.2) is 0 Å². The number of imide groups is 1. The van der Waals surface area contributed by atoms with Gasteiger partial charge in [-0.2, -0.15) is 0 Å². The third-order valence-electron chi connectivity index (χ3n) is 12.5. The third kappa shape index (κ3) is 9.49. The molecule has 2 N–H and O–H groups in total. The Labute approximate surface area is 372 Å². The number of pyridine rings is 1. The van der Waals surface area contributed by atoms with Crippen molar-refractivity contribution < 1.29 is 19.1 Å². The quantitative estimate of drug-likeness (QED) is 0.188. The maximum Gasteiger partial charge on any atom is 0.257 e. The van der Waals surface area contributed by atoms with Gasteiger partial charge in [0.05, 0.1) is 17.0 Å². The van der Waals surface area contributed by atoms with Crippen molar-refractivity contribution in [2.75, 3.05) is 80.6 Å². The lowest BCUT2D eigenvalue weighted by Crippen LogP contribution is -2.49. The number of nitrogens with one attached hydrogen (secondary N) is 2. The van der Waals surface area contributed by atoms with Crippen LogP contribution in [0.4, 0.5) is 17.3 Å². The molecule has 0 radical (unpaired) electrons. The van der Waals surface area contributed by atoms with Gasteiger partial charge in [-0.15, -0.1) is 0 Å². The van der Waals surface area contributed by atoms with Gasteiger partial charge in [-0.05, 0) is 67.6 Å². The van der Waals surface area contributed by atoms with E-state index >= 15 is 0 Å². The SMILES string of the molecule is Cc1ccc(CN2CCN(c3ncc(C(=O)N4CCN(c5ccc(C6CCC(=O)NC6=O)cc5)CC4)cn3)CC2)cc1.Cc1ncc2ccc(-c3cnc4c(c3C)NCCO4)cc2n1. The zero-order chi connectivity index (χ0) is 44.2. The molecule has 64 heavy (non-hydrogen) atoms. The van der Waals surface area contributed by atoms with Crippen LogP contribution >= 0.6 is 0 Å². The Balaban J connectivity index is 0.000000197. The van der Waals surface area contributed by atoms with Gasteiger partial charge in [-0.3, -0.25) is 24.6 Å². The van der Waals surface area contributed by atoms with Crippen molar-refractivity contribution >= 4 is 45.9 Å². The zero-order valence-electron chi connectivity index (χ0n) is 36.6. The maximum absolute atomic E-state index is 13.2. The molecule has 7 heterocycles. The summed E-state index contributed by atoms with van der Waals surface area (Å²) in [6.45, 7) is 14.8. The molecule has 0 aliphatic carbocycles. The molecule has 15 heteroatoms. The number of aryl methyl sites for hydroxylation is 2. The highest BCUT2D eigenvalue weighted by atomic mass is 16.5. The fourth-order valence-electron chi connectivity index (χ4n) is 8.73. The lowest BCUT2D eigenvalue weighted by molar-refractivity contribution is -0.134. The number of amides is 3. The van der Waals surface area contributed by atoms with E-state index in [9.17, 15) is 14.4 Å². The van der Waals surface area contributed by atoms with E-state index in [0.29, 0.717) is 49.9 Å². The number of carbonyl (C=O) groups is 3. The number of nitrogens with zero attached hydrogens (tertiary/aromatic N) is 9. The second-order valence-corrected chi connectivity index (χ2v) is 16.8. The van der Waals surface area contributed by atoms with Crippen LogP contribution in [0.25, 0.3) is 22.0 Å². The molecule has 1 unspecified atom stereocenters. The van der Waals surface area contributed by atoms with Crippen LogP contribution in [0.1, 0.15) is 57.2 Å². The van der Waals surface area contributed by atoms with Crippen molar-refractivity contribution in [1.82, 2.24) is 40.0 Å². The van der Waals surface area contributed by atoms with Crippen molar-refractivity contribution in [3.05, 3.63) is 125 Å². The average Bonchev–Trinajstić information content (AvgIpc) is 3.33. The van der Waals surface area contributed by atoms with E-state index in [4.69, 9.17) is 4.74 Å². The normalized spacial score (nSPS) is 17.7. The maximum atomic E-state index is 13.2. The van der Waals surface area contributed by atoms with Crippen LogP contribution in [0.15, 0.2) is 91.5 Å². The molecule has 3 fully saturated rings. The minimum atomic E-state index is -0.284. The lowest BCUT2D eigenvalue weighted by Gasteiger charge is -2.36. The van der Waals surface area contributed by atoms with Gasteiger partial charge in [0.1, 0.15) is 18.1 Å². The predicted octanol–water partition coefficient (Wildman–Crippen LogP) is 5.70. The Morgan fingerprint density at radius 2 is 1.52 bits per heavy atom. The molecule has 0 saturated carbocycles. The standard InChI is InChI=1S/C32H37N7O3.C17H16N4O/c1-23-2-4-24(5-3-23)22-36-12-14-39(15-13-36)32-33-20-26(21-34-32)31(42)38-18-16-37(17-19-38)27-8-6-25(7-9-27)28-10-11-29(40)35-30(28)41;1-10-14(9-20-17-16(10)18-5-6-22-17)12-3-4-13-8-19-11(2)21-15(13)7-12/h2-9,20-21,28H,10-19,22H2,1H3,(H,35,40,41);3-4,7-9,18H,5-6H2,1-2H3. The van der Waals surface area contributed by atoms with Crippen LogP contribution in [-0.4, -0.2) is 118 Å². The first-order chi connectivity index (χ1) is 31.1. The summed E-state index contributed by atoms with van der Waals surface area (Å²) in [7, 11) is 0. The van der Waals surface area contributed by atoms with Gasteiger partial charge in [0, 0.05) is 113 Å². The van der Waals surface area contributed by atoms with Crippen LogP contribution in [0.3, 0.4) is 0 Å². The number of piperidine rings is 1. The number of anilines is 3. The molecule has 1 atom stereocenters. The van der Waals surface area contributed by atoms with E-state index < -0.39 is 0 Å². The molecule has 15 nitrogen and oxygen atoms in total. The largest absolute Gasteiger partial charge is 0.474 e. The summed E-state index contributed by atoms with van der Waals surface area (Å²) in [5.74, 6) is 1.38. The van der Waals surface area contributed by atoms with Crippen LogP contribution in [0.5, 0.6) is 5.88 Å². The lowest BCUT2D eigenvalue weighted by atomic mass is 9.90. The Bertz CT molecular complexity index is 2640. The van der Waals surface area contributed by atoms with Gasteiger partial charge in [-0.25, -0.2) is 24.9 Å². The second kappa shape index (κ2) is 18.8. The fraction of sp³-hybridized carbons (Fsp3) is 0.347. The highest BCUT2D eigenvalue weighted by Gasteiger charge is 2.29. The van der Waals surface area contributed by atoms with Crippen LogP contribution < -0.4 is 25.2 Å². The van der Waals surface area contributed by atoms with Crippen LogP contribution in [0.2, 0.25) is 0 Å². The summed E-state index contributed by atoms with van der Waals surface area (Å²) >= 11 is 0. The molecule has 328 valence electrons. The van der Waals surface area contributed by atoms with E-state index in [0.717, 1.165) is 103 Å². The summed E-state index contributed by atoms with van der Waals surface area (Å²) in [5, 5.41) is 6.84. The van der Waals surface area contributed by atoms with Gasteiger partial charge in [0.2, 0.25) is 23.6 Å². The van der Waals surface area contributed by atoms with Crippen molar-refractivity contribution in [1.29, 1.82) is 0 Å². The molecule has 4 aliphatic rings. The number of aromatic nitrogens is 5. The third-order valence-corrected chi connectivity index (χ3v) is 12.5. The van der Waals surface area contributed by atoms with E-state index in [-0.39, 0.29) is 23.6 Å². The minimum Gasteiger partial charge on any atom is -0.474 e. The van der Waals surface area contributed by atoms with Crippen LogP contribution in [-0.2, 0) is 16.1 Å². The molecule has 6 aromatic rings. The molecular weight excluding hydrogens is 807 g/mol. The fourth-order valence-corrected chi connectivity index (χ4v) is 8.73. The molecule has 3 aromatic heterocycles. The number of hydrogen-bond acceptors (Lipinski definition) is 13. The number of fused-ring (bicyclic) bond motifs is 2. The van der Waals surface area contributed by atoms with E-state index in [1.54, 1.807) is 12.4 Å². The first kappa shape index (κ1) is 42.3. The Morgan fingerprint density at radius 1 is 0.781 bits per heavy atom. The Kier molecular flexibility index (Phi) is 12.4. The molecule has 3 amide bonds. The van der Waals surface area contributed by atoms with Crippen molar-refractivity contribution in [3.63, 3.8) is 0 Å². The van der Waals surface area contributed by atoms with Gasteiger partial charge in [0.25, 0.3) is 5.91 Å². The van der Waals surface area contributed by atoms with Crippen molar-refractivity contribution in [2.24, 2.45) is 0 Å². The van der Waals surface area contributed by atoms with E-state index in [2.05, 4.69) is 100 Å². The smallest absolute Gasteiger partial charge is 0.257 e. The number of carbonyl (C=O) groups excluding carboxylic acids is 3. The van der Waals surface area contributed by atoms with E-state index in [1.165, 1.54) is 11.1 Å². The highest BCUT2D eigenvalue weighted by Crippen LogP contribution is 2.36. The Hall–Kier alpha value is -7.00. The van der Waals surface area contributed by atoms with Gasteiger partial charge < -0.3 is 24.8 Å². The predicted molar refractivity (Wildman–Crippen MR) is 247 cm³/mol. The number of piperazine rings is 2. The number of ether oxygens (including phenoxy) is 1. The highest BCUT2D eigenvalue weighted by molar-refractivity contribution is 6.01. The van der Waals surface area contributed by atoms with Gasteiger partial charge in [-0.1, -0.05) is 54.1 Å². The summed E-state index contributed by atoms with van der Waals surface area (Å²) in [5.41, 5.74) is 10.4. The molecule has 4 aliphatic heterocycles. The molecule has 3 saturated heterocycles. The first-order valence-corrected chi connectivity index (χ1v) is 22.1. The minimum absolute atomic E-state index is 0.0441. The summed E-state index contributed by atoms with van der Waals surface area (Å²) < 4.78 is 5.59. The number of hydrogen-bond donors (Lipinski definition) is 2.